The zero-order valence-corrected chi connectivity index (χ0v) is 15.5. The monoisotopic (exact) mass is 356 g/mol. The van der Waals surface area contributed by atoms with E-state index in [0.29, 0.717) is 41.4 Å². The molecule has 0 aliphatic carbocycles. The van der Waals surface area contributed by atoms with Gasteiger partial charge < -0.3 is 19.7 Å². The molecule has 0 heterocycles. The smallest absolute Gasteiger partial charge is 0.259 e. The predicted octanol–water partition coefficient (Wildman–Crippen LogP) is 3.44. The van der Waals surface area contributed by atoms with Crippen molar-refractivity contribution in [2.45, 2.75) is 13.8 Å². The van der Waals surface area contributed by atoms with Gasteiger partial charge in [0, 0.05) is 24.3 Å². The van der Waals surface area contributed by atoms with Crippen LogP contribution in [0, 0.1) is 0 Å². The summed E-state index contributed by atoms with van der Waals surface area (Å²) in [5.41, 5.74) is 1.43. The summed E-state index contributed by atoms with van der Waals surface area (Å²) in [7, 11) is 3.04. The second-order valence-electron chi connectivity index (χ2n) is 5.58. The highest BCUT2D eigenvalue weighted by Gasteiger charge is 2.16. The van der Waals surface area contributed by atoms with Gasteiger partial charge in [-0.25, -0.2) is 0 Å². The zero-order valence-electron chi connectivity index (χ0n) is 15.5. The normalized spacial score (nSPS) is 10.2. The maximum Gasteiger partial charge on any atom is 0.259 e. The molecule has 0 atom stereocenters. The van der Waals surface area contributed by atoms with Crippen LogP contribution in [0.2, 0.25) is 0 Å². The average molecular weight is 356 g/mol. The van der Waals surface area contributed by atoms with E-state index in [0.717, 1.165) is 0 Å². The summed E-state index contributed by atoms with van der Waals surface area (Å²) in [6, 6.07) is 11.9. The molecule has 138 valence electrons. The lowest BCUT2D eigenvalue weighted by atomic mass is 10.1. The van der Waals surface area contributed by atoms with E-state index in [1.807, 2.05) is 13.8 Å². The van der Waals surface area contributed by atoms with Crippen molar-refractivity contribution in [1.29, 1.82) is 0 Å². The first-order valence-corrected chi connectivity index (χ1v) is 8.46. The minimum absolute atomic E-state index is 0.0648. The number of amides is 2. The van der Waals surface area contributed by atoms with Crippen molar-refractivity contribution >= 4 is 17.5 Å². The molecular formula is C20H24N2O4. The number of hydrogen-bond donors (Lipinski definition) is 1. The molecule has 0 fully saturated rings. The highest BCUT2D eigenvalue weighted by atomic mass is 16.5. The van der Waals surface area contributed by atoms with Crippen molar-refractivity contribution < 1.29 is 19.1 Å². The van der Waals surface area contributed by atoms with Crippen LogP contribution in [-0.2, 0) is 0 Å². The van der Waals surface area contributed by atoms with Gasteiger partial charge in [0.15, 0.2) is 0 Å². The fraction of sp³-hybridized carbons (Fsp3) is 0.300. The lowest BCUT2D eigenvalue weighted by Crippen LogP contribution is -2.30. The summed E-state index contributed by atoms with van der Waals surface area (Å²) in [6.07, 6.45) is 0. The molecule has 0 unspecified atom stereocenters. The Labute approximate surface area is 153 Å². The number of methoxy groups -OCH3 is 2. The van der Waals surface area contributed by atoms with Gasteiger partial charge >= 0.3 is 0 Å². The molecule has 0 saturated heterocycles. The Morgan fingerprint density at radius 2 is 1.73 bits per heavy atom. The summed E-state index contributed by atoms with van der Waals surface area (Å²) in [5.74, 6) is 0.596. The van der Waals surface area contributed by atoms with Gasteiger partial charge in [-0.1, -0.05) is 6.07 Å². The Balaban J connectivity index is 2.25. The van der Waals surface area contributed by atoms with Gasteiger partial charge in [0.2, 0.25) is 0 Å². The Morgan fingerprint density at radius 1 is 1.00 bits per heavy atom. The maximum absolute atomic E-state index is 12.6. The SMILES string of the molecule is CCN(CC)C(=O)c1cccc(NC(=O)c2cc(OC)ccc2OC)c1. The van der Waals surface area contributed by atoms with Crippen LogP contribution in [0.5, 0.6) is 11.5 Å². The van der Waals surface area contributed by atoms with Crippen molar-refractivity contribution in [3.63, 3.8) is 0 Å². The van der Waals surface area contributed by atoms with Crippen molar-refractivity contribution in [1.82, 2.24) is 4.90 Å². The number of anilines is 1. The van der Waals surface area contributed by atoms with Crippen molar-refractivity contribution in [2.24, 2.45) is 0 Å². The molecule has 2 rings (SSSR count). The van der Waals surface area contributed by atoms with Gasteiger partial charge in [-0.15, -0.1) is 0 Å². The number of carbonyl (C=O) groups is 2. The molecular weight excluding hydrogens is 332 g/mol. The fourth-order valence-electron chi connectivity index (χ4n) is 2.61. The summed E-state index contributed by atoms with van der Waals surface area (Å²) < 4.78 is 10.4. The van der Waals surface area contributed by atoms with Gasteiger partial charge in [-0.05, 0) is 50.2 Å². The second kappa shape index (κ2) is 8.89. The van der Waals surface area contributed by atoms with E-state index in [4.69, 9.17) is 9.47 Å². The van der Waals surface area contributed by atoms with E-state index in [1.54, 1.807) is 47.4 Å². The van der Waals surface area contributed by atoms with E-state index in [2.05, 4.69) is 5.32 Å². The molecule has 0 radical (unpaired) electrons. The van der Waals surface area contributed by atoms with Crippen LogP contribution in [0.15, 0.2) is 42.5 Å². The quantitative estimate of drug-likeness (QED) is 0.825. The average Bonchev–Trinajstić information content (AvgIpc) is 2.68. The molecule has 0 spiro atoms. The van der Waals surface area contributed by atoms with Gasteiger partial charge in [0.1, 0.15) is 11.5 Å². The minimum atomic E-state index is -0.340. The summed E-state index contributed by atoms with van der Waals surface area (Å²) >= 11 is 0. The highest BCUT2D eigenvalue weighted by Crippen LogP contribution is 2.25. The molecule has 26 heavy (non-hydrogen) atoms. The van der Waals surface area contributed by atoms with E-state index in [9.17, 15) is 9.59 Å². The van der Waals surface area contributed by atoms with Crippen LogP contribution in [0.1, 0.15) is 34.6 Å². The topological polar surface area (TPSA) is 67.9 Å². The van der Waals surface area contributed by atoms with Crippen LogP contribution in [-0.4, -0.2) is 44.0 Å². The molecule has 0 aliphatic heterocycles. The first-order chi connectivity index (χ1) is 12.5. The van der Waals surface area contributed by atoms with Crippen LogP contribution < -0.4 is 14.8 Å². The highest BCUT2D eigenvalue weighted by molar-refractivity contribution is 6.07. The zero-order chi connectivity index (χ0) is 19.1. The first kappa shape index (κ1) is 19.3. The lowest BCUT2D eigenvalue weighted by Gasteiger charge is -2.19. The van der Waals surface area contributed by atoms with E-state index >= 15 is 0 Å². The van der Waals surface area contributed by atoms with E-state index in [-0.39, 0.29) is 11.8 Å². The molecule has 0 aliphatic rings. The molecule has 2 aromatic carbocycles. The number of nitrogens with one attached hydrogen (secondary N) is 1. The van der Waals surface area contributed by atoms with Crippen LogP contribution in [0.3, 0.4) is 0 Å². The standard InChI is InChI=1S/C20H24N2O4/c1-5-22(6-2)20(24)14-8-7-9-15(12-14)21-19(23)17-13-16(25-3)10-11-18(17)26-4/h7-13H,5-6H2,1-4H3,(H,21,23). The van der Waals surface area contributed by atoms with Gasteiger partial charge in [0.25, 0.3) is 11.8 Å². The molecule has 0 bridgehead atoms. The third-order valence-electron chi connectivity index (χ3n) is 4.07. The van der Waals surface area contributed by atoms with E-state index in [1.165, 1.54) is 14.2 Å². The van der Waals surface area contributed by atoms with Crippen LogP contribution in [0.25, 0.3) is 0 Å². The lowest BCUT2D eigenvalue weighted by molar-refractivity contribution is 0.0772. The fourth-order valence-corrected chi connectivity index (χ4v) is 2.61. The van der Waals surface area contributed by atoms with Gasteiger partial charge in [0.05, 0.1) is 19.8 Å². The molecule has 1 N–H and O–H groups in total. The summed E-state index contributed by atoms with van der Waals surface area (Å²) in [5, 5.41) is 2.81. The number of carbonyl (C=O) groups excluding carboxylic acids is 2. The number of benzene rings is 2. The Bertz CT molecular complexity index is 785. The molecule has 6 nitrogen and oxygen atoms in total. The molecule has 2 aromatic rings. The Kier molecular flexibility index (Phi) is 6.60. The van der Waals surface area contributed by atoms with E-state index < -0.39 is 0 Å². The third-order valence-corrected chi connectivity index (χ3v) is 4.07. The van der Waals surface area contributed by atoms with Crippen molar-refractivity contribution in [2.75, 3.05) is 32.6 Å². The summed E-state index contributed by atoms with van der Waals surface area (Å²) in [6.45, 7) is 5.13. The first-order valence-electron chi connectivity index (χ1n) is 8.46. The molecule has 0 aromatic heterocycles. The molecule has 2 amide bonds. The number of nitrogens with zero attached hydrogens (tertiary/aromatic N) is 1. The minimum Gasteiger partial charge on any atom is -0.497 e. The number of rotatable bonds is 7. The summed E-state index contributed by atoms with van der Waals surface area (Å²) in [4.78, 5) is 26.9. The molecule has 0 saturated carbocycles. The van der Waals surface area contributed by atoms with Crippen LogP contribution >= 0.6 is 0 Å². The number of hydrogen-bond acceptors (Lipinski definition) is 4. The van der Waals surface area contributed by atoms with Crippen molar-refractivity contribution in [3.05, 3.63) is 53.6 Å². The Hall–Kier alpha value is -3.02. The molecule has 6 heteroatoms. The largest absolute Gasteiger partial charge is 0.497 e. The number of ether oxygens (including phenoxy) is 2. The van der Waals surface area contributed by atoms with Crippen molar-refractivity contribution in [3.8, 4) is 11.5 Å². The van der Waals surface area contributed by atoms with Gasteiger partial charge in [-0.2, -0.15) is 0 Å². The Morgan fingerprint density at radius 3 is 2.35 bits per heavy atom. The van der Waals surface area contributed by atoms with Crippen LogP contribution in [0.4, 0.5) is 5.69 Å². The predicted molar refractivity (Wildman–Crippen MR) is 101 cm³/mol. The third kappa shape index (κ3) is 4.33. The maximum atomic E-state index is 12.6. The van der Waals surface area contributed by atoms with Gasteiger partial charge in [-0.3, -0.25) is 9.59 Å². The second-order valence-corrected chi connectivity index (χ2v) is 5.58.